The highest BCUT2D eigenvalue weighted by Crippen LogP contribution is 2.34. The number of piperidine rings is 1. The number of benzene rings is 1. The molecule has 3 N–H and O–H groups in total. The molecule has 3 rings (SSSR count). The van der Waals surface area contributed by atoms with Gasteiger partial charge in [-0.05, 0) is 50.3 Å². The third kappa shape index (κ3) is 5.75. The number of nitriles is 1. The number of nitrogens with zero attached hydrogens (tertiary/aromatic N) is 3. The summed E-state index contributed by atoms with van der Waals surface area (Å²) in [6, 6.07) is 7.75. The van der Waals surface area contributed by atoms with Crippen LogP contribution in [-0.4, -0.2) is 57.7 Å². The molecule has 168 valence electrons. The highest BCUT2D eigenvalue weighted by Gasteiger charge is 2.26. The summed E-state index contributed by atoms with van der Waals surface area (Å²) in [6.45, 7) is 10.3. The number of amidine groups is 1. The first-order chi connectivity index (χ1) is 14.8. The summed E-state index contributed by atoms with van der Waals surface area (Å²) in [7, 11) is 1.70. The van der Waals surface area contributed by atoms with Crippen molar-refractivity contribution in [3.63, 3.8) is 0 Å². The summed E-state index contributed by atoms with van der Waals surface area (Å²) in [5.74, 6) is 0.620. The van der Waals surface area contributed by atoms with Gasteiger partial charge in [-0.25, -0.2) is 4.99 Å². The zero-order valence-corrected chi connectivity index (χ0v) is 19.0. The topological polar surface area (TPSA) is 102 Å². The van der Waals surface area contributed by atoms with E-state index in [9.17, 15) is 4.79 Å². The van der Waals surface area contributed by atoms with Crippen LogP contribution in [0.1, 0.15) is 39.2 Å². The van der Waals surface area contributed by atoms with Gasteiger partial charge in [-0.2, -0.15) is 5.26 Å². The van der Waals surface area contributed by atoms with Crippen molar-refractivity contribution >= 4 is 23.1 Å². The molecule has 0 aromatic heterocycles. The van der Waals surface area contributed by atoms with Crippen molar-refractivity contribution in [2.45, 2.75) is 45.2 Å². The van der Waals surface area contributed by atoms with E-state index >= 15 is 0 Å². The summed E-state index contributed by atoms with van der Waals surface area (Å²) in [5, 5.41) is 18.5. The van der Waals surface area contributed by atoms with Gasteiger partial charge in [-0.3, -0.25) is 4.79 Å². The second-order valence-electron chi connectivity index (χ2n) is 8.90. The van der Waals surface area contributed by atoms with Crippen LogP contribution < -0.4 is 20.9 Å². The van der Waals surface area contributed by atoms with E-state index < -0.39 is 6.04 Å². The number of carbonyl (C=O) groups is 1. The lowest BCUT2D eigenvalue weighted by Gasteiger charge is -2.35. The van der Waals surface area contributed by atoms with E-state index in [1.807, 2.05) is 12.1 Å². The molecule has 31 heavy (non-hydrogen) atoms. The van der Waals surface area contributed by atoms with Crippen LogP contribution in [-0.2, 0) is 15.1 Å². The molecule has 0 radical (unpaired) electrons. The van der Waals surface area contributed by atoms with Crippen molar-refractivity contribution in [2.75, 3.05) is 50.1 Å². The van der Waals surface area contributed by atoms with Gasteiger partial charge < -0.3 is 25.6 Å². The predicted molar refractivity (Wildman–Crippen MR) is 123 cm³/mol. The average Bonchev–Trinajstić information content (AvgIpc) is 3.24. The van der Waals surface area contributed by atoms with E-state index in [-0.39, 0.29) is 17.3 Å². The van der Waals surface area contributed by atoms with Crippen LogP contribution in [0, 0.1) is 17.2 Å². The van der Waals surface area contributed by atoms with Gasteiger partial charge in [0.15, 0.2) is 11.9 Å². The lowest BCUT2D eigenvalue weighted by atomic mass is 9.92. The number of rotatable bonds is 8. The maximum Gasteiger partial charge on any atom is 0.290 e. The first kappa shape index (κ1) is 23.0. The molecule has 2 aliphatic rings. The van der Waals surface area contributed by atoms with Crippen molar-refractivity contribution in [2.24, 2.45) is 10.9 Å². The van der Waals surface area contributed by atoms with Crippen LogP contribution in [0.3, 0.4) is 0 Å². The molecule has 0 spiro atoms. The van der Waals surface area contributed by atoms with Crippen LogP contribution in [0.2, 0.25) is 0 Å². The van der Waals surface area contributed by atoms with Crippen molar-refractivity contribution in [3.05, 3.63) is 23.8 Å². The highest BCUT2D eigenvalue weighted by molar-refractivity contribution is 6.42. The third-order valence-corrected chi connectivity index (χ3v) is 6.08. The number of aliphatic imine (C=N–C) groups is 1. The van der Waals surface area contributed by atoms with E-state index in [2.05, 4.69) is 58.7 Å². The Balaban J connectivity index is 1.85. The van der Waals surface area contributed by atoms with Crippen LogP contribution in [0.15, 0.2) is 23.2 Å². The van der Waals surface area contributed by atoms with Crippen molar-refractivity contribution in [1.29, 1.82) is 5.26 Å². The van der Waals surface area contributed by atoms with Crippen LogP contribution in [0.4, 0.5) is 11.4 Å². The Morgan fingerprint density at radius 1 is 1.39 bits per heavy atom. The first-order valence-corrected chi connectivity index (χ1v) is 11.0. The third-order valence-electron chi connectivity index (χ3n) is 6.08. The van der Waals surface area contributed by atoms with E-state index in [0.717, 1.165) is 49.4 Å². The number of anilines is 2. The van der Waals surface area contributed by atoms with Gasteiger partial charge >= 0.3 is 0 Å². The minimum absolute atomic E-state index is 0.218. The van der Waals surface area contributed by atoms with Gasteiger partial charge in [-0.15, -0.1) is 0 Å². The molecule has 2 heterocycles. The van der Waals surface area contributed by atoms with Gasteiger partial charge in [0, 0.05) is 32.3 Å². The summed E-state index contributed by atoms with van der Waals surface area (Å²) >= 11 is 0. The Labute approximate surface area is 185 Å². The summed E-state index contributed by atoms with van der Waals surface area (Å²) in [4.78, 5) is 19.3. The second kappa shape index (κ2) is 10.1. The molecule has 1 unspecified atom stereocenters. The Morgan fingerprint density at radius 3 is 2.77 bits per heavy atom. The number of methoxy groups -OCH3 is 1. The van der Waals surface area contributed by atoms with Crippen LogP contribution in [0.25, 0.3) is 0 Å². The quantitative estimate of drug-likeness (QED) is 0.551. The Bertz CT molecular complexity index is 852. The smallest absolute Gasteiger partial charge is 0.290 e. The maximum absolute atomic E-state index is 12.8. The molecule has 0 saturated carbocycles. The molecule has 0 aliphatic carbocycles. The normalized spacial score (nSPS) is 19.5. The number of hydrogen-bond acceptors (Lipinski definition) is 7. The van der Waals surface area contributed by atoms with Crippen molar-refractivity contribution in [3.8, 4) is 6.07 Å². The number of carbonyl (C=O) groups excluding carboxylic acids is 1. The minimum Gasteiger partial charge on any atom is -0.383 e. The number of amides is 1. The van der Waals surface area contributed by atoms with Gasteiger partial charge in [0.05, 0.1) is 30.6 Å². The van der Waals surface area contributed by atoms with Crippen molar-refractivity contribution in [1.82, 2.24) is 10.6 Å². The molecule has 0 bridgehead atoms. The molecule has 2 aliphatic heterocycles. The average molecular weight is 427 g/mol. The molecular weight excluding hydrogens is 392 g/mol. The summed E-state index contributed by atoms with van der Waals surface area (Å²) in [6.07, 6.45) is 2.26. The SMILES string of the molecule is COCCNC(C)(C)c1ccc(NC(=O)C2=NC(C#N)CN2)c(N2CCC(C)CC2)c1. The molecule has 1 amide bonds. The Morgan fingerprint density at radius 2 is 2.13 bits per heavy atom. The fraction of sp³-hybridized carbons (Fsp3) is 0.609. The molecule has 1 atom stereocenters. The van der Waals surface area contributed by atoms with Gasteiger partial charge in [0.25, 0.3) is 5.91 Å². The molecule has 1 aromatic carbocycles. The van der Waals surface area contributed by atoms with E-state index in [0.29, 0.717) is 19.1 Å². The van der Waals surface area contributed by atoms with Gasteiger partial charge in [0.2, 0.25) is 0 Å². The second-order valence-corrected chi connectivity index (χ2v) is 8.90. The van der Waals surface area contributed by atoms with E-state index in [1.54, 1.807) is 7.11 Å². The molecule has 1 fully saturated rings. The molecule has 8 heteroatoms. The summed E-state index contributed by atoms with van der Waals surface area (Å²) < 4.78 is 5.17. The lowest BCUT2D eigenvalue weighted by molar-refractivity contribution is -0.110. The van der Waals surface area contributed by atoms with Crippen molar-refractivity contribution < 1.29 is 9.53 Å². The van der Waals surface area contributed by atoms with Gasteiger partial charge in [-0.1, -0.05) is 13.0 Å². The van der Waals surface area contributed by atoms with E-state index in [4.69, 9.17) is 10.00 Å². The zero-order valence-electron chi connectivity index (χ0n) is 19.0. The predicted octanol–water partition coefficient (Wildman–Crippen LogP) is 2.23. The lowest BCUT2D eigenvalue weighted by Crippen LogP contribution is -2.39. The van der Waals surface area contributed by atoms with Crippen LogP contribution >= 0.6 is 0 Å². The van der Waals surface area contributed by atoms with E-state index in [1.165, 1.54) is 0 Å². The zero-order chi connectivity index (χ0) is 22.4. The molecular formula is C23H34N6O2. The fourth-order valence-electron chi connectivity index (χ4n) is 3.94. The fourth-order valence-corrected chi connectivity index (χ4v) is 3.94. The standard InChI is InChI=1S/C23H34N6O2/c1-16-7-10-29(11-8-16)20-13-17(23(2,3)26-9-12-31-4)5-6-19(20)28-22(30)21-25-15-18(14-24)27-21/h5-6,13,16,18,26H,7-12,15H2,1-4H3,(H,25,27)(H,28,30). The van der Waals surface area contributed by atoms with Gasteiger partial charge in [0.1, 0.15) is 0 Å². The largest absolute Gasteiger partial charge is 0.383 e. The Kier molecular flexibility index (Phi) is 7.52. The number of nitrogens with one attached hydrogen (secondary N) is 3. The number of hydrogen-bond donors (Lipinski definition) is 3. The summed E-state index contributed by atoms with van der Waals surface area (Å²) in [5.41, 5.74) is 2.70. The molecule has 1 aromatic rings. The highest BCUT2D eigenvalue weighted by atomic mass is 16.5. The molecule has 8 nitrogen and oxygen atoms in total. The minimum atomic E-state index is -0.509. The Hall–Kier alpha value is -2.63. The first-order valence-electron chi connectivity index (χ1n) is 11.0. The monoisotopic (exact) mass is 426 g/mol. The number of ether oxygens (including phenoxy) is 1. The maximum atomic E-state index is 12.8. The van der Waals surface area contributed by atoms with Crippen LogP contribution in [0.5, 0.6) is 0 Å². The molecule has 1 saturated heterocycles.